The number of rotatable bonds is 10. The van der Waals surface area contributed by atoms with Crippen molar-refractivity contribution >= 4 is 80.9 Å². The minimum Gasteiger partial charge on any atom is -0.545 e. The van der Waals surface area contributed by atoms with E-state index in [-0.39, 0.29) is 0 Å². The molecule has 0 aromatic rings. The third-order valence-corrected chi connectivity index (χ3v) is 4.15. The van der Waals surface area contributed by atoms with Crippen LogP contribution in [0.5, 0.6) is 0 Å². The van der Waals surface area contributed by atoms with E-state index < -0.39 is 35.8 Å². The van der Waals surface area contributed by atoms with Crippen molar-refractivity contribution in [3.05, 3.63) is 36.5 Å². The SMILES string of the molecule is CCC[CH2][Sn+3].CCC[CH2][Sn+3].O=C([O-])C=CC(=O)[O-].O=C([O-])C=CC(=O)[O-].O=C([O-])C=CC(=O)[O-]. The van der Waals surface area contributed by atoms with Crippen LogP contribution >= 0.6 is 0 Å². The Morgan fingerprint density at radius 3 is 0.647 bits per heavy atom. The molecule has 0 radical (unpaired) electrons. The van der Waals surface area contributed by atoms with Crippen LogP contribution in [0.4, 0.5) is 0 Å². The second-order valence-electron chi connectivity index (χ2n) is 5.12. The molecule has 0 aliphatic rings. The topological polar surface area (TPSA) is 241 Å². The number of carbonyl (C=O) groups is 6. The van der Waals surface area contributed by atoms with Crippen molar-refractivity contribution in [1.29, 1.82) is 0 Å². The van der Waals surface area contributed by atoms with E-state index in [4.69, 9.17) is 0 Å². The fourth-order valence-electron chi connectivity index (χ4n) is 0.762. The van der Waals surface area contributed by atoms with Crippen LogP contribution in [0.15, 0.2) is 36.5 Å². The minimum atomic E-state index is -1.55. The van der Waals surface area contributed by atoms with Gasteiger partial charge >= 0.3 is 93.5 Å². The van der Waals surface area contributed by atoms with Gasteiger partial charge in [-0.3, -0.25) is 0 Å². The maximum absolute atomic E-state index is 9.41. The molecule has 184 valence electrons. The van der Waals surface area contributed by atoms with Crippen LogP contribution in [0.3, 0.4) is 0 Å². The van der Waals surface area contributed by atoms with Gasteiger partial charge in [0.25, 0.3) is 0 Å². The predicted octanol–water partition coefficient (Wildman–Crippen LogP) is -6.13. The summed E-state index contributed by atoms with van der Waals surface area (Å²) in [6.45, 7) is 4.45. The molecule has 0 heterocycles. The third-order valence-electron chi connectivity index (χ3n) is 2.13. The molecule has 0 unspecified atom stereocenters. The van der Waals surface area contributed by atoms with Crippen LogP contribution in [-0.2, 0) is 28.8 Å². The summed E-state index contributed by atoms with van der Waals surface area (Å²) in [6.07, 6.45) is 7.90. The van der Waals surface area contributed by atoms with E-state index in [0.29, 0.717) is 36.5 Å². The smallest absolute Gasteiger partial charge is 0.0643 e. The van der Waals surface area contributed by atoms with Crippen molar-refractivity contribution in [2.45, 2.75) is 48.4 Å². The Balaban J connectivity index is -0.000000105. The zero-order chi connectivity index (χ0) is 27.9. The Hall–Kier alpha value is -2.36. The molecule has 0 aliphatic heterocycles. The number of aliphatic carboxylic acids is 6. The number of hydrogen-bond acceptors (Lipinski definition) is 12. The summed E-state index contributed by atoms with van der Waals surface area (Å²) in [5, 5.41) is 56.5. The van der Waals surface area contributed by atoms with Gasteiger partial charge in [-0.05, 0) is 36.5 Å². The first kappa shape index (κ1) is 41.9. The molecule has 0 fully saturated rings. The molecule has 0 rings (SSSR count). The maximum atomic E-state index is 9.41. The molecule has 0 aliphatic carbocycles. The van der Waals surface area contributed by atoms with E-state index in [9.17, 15) is 59.4 Å². The summed E-state index contributed by atoms with van der Waals surface area (Å²) in [5.41, 5.74) is 0. The zero-order valence-corrected chi connectivity index (χ0v) is 24.3. The quantitative estimate of drug-likeness (QED) is 0.153. The van der Waals surface area contributed by atoms with Crippen LogP contribution in [0, 0.1) is 0 Å². The van der Waals surface area contributed by atoms with Gasteiger partial charge in [0.15, 0.2) is 0 Å². The van der Waals surface area contributed by atoms with Crippen LogP contribution in [0.2, 0.25) is 8.87 Å². The average molecular weight is 694 g/mol. The molecule has 0 bridgehead atoms. The Labute approximate surface area is 224 Å². The first-order chi connectivity index (χ1) is 15.7. The minimum absolute atomic E-state index is 0.384. The molecule has 0 aromatic heterocycles. The molecular formula is C20H24O12Sn2. The second-order valence-corrected chi connectivity index (χ2v) is 7.98. The Kier molecular flexibility index (Phi) is 43.4. The Bertz CT molecular complexity index is 532. The van der Waals surface area contributed by atoms with Crippen molar-refractivity contribution in [2.75, 3.05) is 0 Å². The Morgan fingerprint density at radius 2 is 0.618 bits per heavy atom. The van der Waals surface area contributed by atoms with Gasteiger partial charge < -0.3 is 59.4 Å². The van der Waals surface area contributed by atoms with E-state index in [1.807, 2.05) is 0 Å². The fraction of sp³-hybridized carbons (Fsp3) is 0.400. The van der Waals surface area contributed by atoms with Crippen molar-refractivity contribution in [2.24, 2.45) is 0 Å². The maximum Gasteiger partial charge on any atom is 0.0643 e. The molecule has 0 amide bonds. The number of hydrogen-bond donors (Lipinski definition) is 0. The number of carboxylic acids is 6. The summed E-state index contributed by atoms with van der Waals surface area (Å²) in [7, 11) is 0. The standard InChI is InChI=1S/3C4H4O4.2C4H9.2Sn/c3*5-3(6)1-2-4(7)8;2*1-3-4-2;;/h3*1-2H,(H,5,6)(H,7,8);2*1,3-4H2,2H3;;/q;;;;;2*+3/p-6. The number of carboxylic acid groups (broad SMARTS) is 6. The normalized spacial score (nSPS) is 9.24. The predicted molar refractivity (Wildman–Crippen MR) is 108 cm³/mol. The van der Waals surface area contributed by atoms with Gasteiger partial charge in [-0.2, -0.15) is 0 Å². The van der Waals surface area contributed by atoms with Gasteiger partial charge in [0.05, 0.1) is 35.8 Å². The van der Waals surface area contributed by atoms with Gasteiger partial charge in [0, 0.05) is 0 Å². The molecular weight excluding hydrogens is 670 g/mol. The monoisotopic (exact) mass is 696 g/mol. The molecule has 0 N–H and O–H groups in total. The van der Waals surface area contributed by atoms with E-state index >= 15 is 0 Å². The first-order valence-electron chi connectivity index (χ1n) is 9.30. The molecule has 34 heavy (non-hydrogen) atoms. The van der Waals surface area contributed by atoms with E-state index in [2.05, 4.69) is 13.8 Å². The molecule has 14 heteroatoms. The van der Waals surface area contributed by atoms with Crippen molar-refractivity contribution in [3.63, 3.8) is 0 Å². The van der Waals surface area contributed by atoms with Gasteiger partial charge in [0.2, 0.25) is 0 Å². The summed E-state index contributed by atoms with van der Waals surface area (Å²) >= 11 is 3.37. The van der Waals surface area contributed by atoms with Gasteiger partial charge in [-0.1, -0.05) is 0 Å². The average Bonchev–Trinajstić information content (AvgIpc) is 2.72. The van der Waals surface area contributed by atoms with Gasteiger partial charge in [-0.25, -0.2) is 0 Å². The fourth-order valence-corrected chi connectivity index (χ4v) is 2.78. The van der Waals surface area contributed by atoms with Crippen molar-refractivity contribution in [1.82, 2.24) is 0 Å². The summed E-state index contributed by atoms with van der Waals surface area (Å²) in [4.78, 5) is 56.5. The summed E-state index contributed by atoms with van der Waals surface area (Å²) in [6, 6.07) is 0. The van der Waals surface area contributed by atoms with Crippen LogP contribution in [-0.4, -0.2) is 80.9 Å². The molecule has 0 aromatic carbocycles. The number of carbonyl (C=O) groups excluding carboxylic acids is 6. The molecule has 0 spiro atoms. The Morgan fingerprint density at radius 1 is 0.471 bits per heavy atom. The van der Waals surface area contributed by atoms with Crippen LogP contribution in [0.1, 0.15) is 39.5 Å². The summed E-state index contributed by atoms with van der Waals surface area (Å²) < 4.78 is 2.87. The molecule has 0 saturated carbocycles. The molecule has 0 saturated heterocycles. The third kappa shape index (κ3) is 87.8. The van der Waals surface area contributed by atoms with E-state index in [0.717, 1.165) is 0 Å². The second kappa shape index (κ2) is 35.2. The molecule has 12 nitrogen and oxygen atoms in total. The van der Waals surface area contributed by atoms with Gasteiger partial charge in [0.1, 0.15) is 0 Å². The van der Waals surface area contributed by atoms with Crippen LogP contribution < -0.4 is 30.6 Å². The van der Waals surface area contributed by atoms with Crippen molar-refractivity contribution in [3.8, 4) is 0 Å². The largest absolute Gasteiger partial charge is 0.545 e. The first-order valence-corrected chi connectivity index (χ1v) is 13.3. The van der Waals surface area contributed by atoms with E-state index in [1.54, 1.807) is 45.0 Å². The number of unbranched alkanes of at least 4 members (excludes halogenated alkanes) is 2. The molecule has 0 atom stereocenters. The van der Waals surface area contributed by atoms with Gasteiger partial charge in [-0.15, -0.1) is 0 Å². The van der Waals surface area contributed by atoms with E-state index in [1.165, 1.54) is 34.6 Å². The summed E-state index contributed by atoms with van der Waals surface area (Å²) in [5.74, 6) is -9.28. The van der Waals surface area contributed by atoms with Crippen molar-refractivity contribution < 1.29 is 59.4 Å². The van der Waals surface area contributed by atoms with Crippen LogP contribution in [0.25, 0.3) is 0 Å². The zero-order valence-electron chi connectivity index (χ0n) is 18.6.